The van der Waals surface area contributed by atoms with E-state index in [2.05, 4.69) is 21.2 Å². The molecule has 0 unspecified atom stereocenters. The van der Waals surface area contributed by atoms with Gasteiger partial charge in [0.15, 0.2) is 0 Å². The molecular weight excluding hydrogens is 614 g/mol. The molecule has 0 fully saturated rings. The fourth-order valence-electron chi connectivity index (χ4n) is 4.32. The van der Waals surface area contributed by atoms with Gasteiger partial charge in [-0.25, -0.2) is 8.42 Å². The van der Waals surface area contributed by atoms with Gasteiger partial charge in [-0.05, 0) is 67.3 Å². The Bertz CT molecular complexity index is 1440. The summed E-state index contributed by atoms with van der Waals surface area (Å²) in [5.74, 6) is -0.796. The molecule has 7 nitrogen and oxygen atoms in total. The van der Waals surface area contributed by atoms with Crippen LogP contribution < -0.4 is 9.62 Å². The van der Waals surface area contributed by atoms with Crippen LogP contribution in [0.1, 0.15) is 37.0 Å². The van der Waals surface area contributed by atoms with Crippen molar-refractivity contribution in [2.75, 3.05) is 17.1 Å². The van der Waals surface area contributed by atoms with Crippen LogP contribution in [0.3, 0.4) is 0 Å². The van der Waals surface area contributed by atoms with Gasteiger partial charge in [-0.2, -0.15) is 0 Å². The number of nitrogens with zero attached hydrogens (tertiary/aromatic N) is 2. The van der Waals surface area contributed by atoms with E-state index in [0.717, 1.165) is 32.6 Å². The summed E-state index contributed by atoms with van der Waals surface area (Å²) in [5.41, 5.74) is 2.64. The maximum absolute atomic E-state index is 14.1. The fourth-order valence-corrected chi connectivity index (χ4v) is 5.90. The lowest BCUT2D eigenvalue weighted by atomic mass is 10.0. The average molecular weight is 649 g/mol. The molecule has 2 atom stereocenters. The Morgan fingerprint density at radius 1 is 1.00 bits per heavy atom. The van der Waals surface area contributed by atoms with Gasteiger partial charge in [0, 0.05) is 28.5 Å². The zero-order valence-corrected chi connectivity index (χ0v) is 26.3. The largest absolute Gasteiger partial charge is 0.352 e. The highest BCUT2D eigenvalue weighted by Gasteiger charge is 2.33. The van der Waals surface area contributed by atoms with Crippen LogP contribution in [0, 0.1) is 6.92 Å². The summed E-state index contributed by atoms with van der Waals surface area (Å²) in [5, 5.41) is 3.48. The van der Waals surface area contributed by atoms with Crippen molar-refractivity contribution in [2.45, 2.75) is 52.2 Å². The SMILES string of the molecule is CC[C@@H](C)NC(=O)[C@@H](Cc1ccccc1)N(Cc1cccc(Br)c1)C(=O)CN(c1ccc(Cl)cc1C)S(C)(=O)=O. The lowest BCUT2D eigenvalue weighted by molar-refractivity contribution is -0.140. The summed E-state index contributed by atoms with van der Waals surface area (Å²) >= 11 is 9.59. The first-order valence-corrected chi connectivity index (χ1v) is 16.0. The third-order valence-electron chi connectivity index (χ3n) is 6.62. The van der Waals surface area contributed by atoms with E-state index in [0.29, 0.717) is 16.3 Å². The summed E-state index contributed by atoms with van der Waals surface area (Å²) in [6.45, 7) is 5.26. The van der Waals surface area contributed by atoms with E-state index in [1.54, 1.807) is 25.1 Å². The third kappa shape index (κ3) is 8.81. The topological polar surface area (TPSA) is 86.8 Å². The minimum atomic E-state index is -3.85. The van der Waals surface area contributed by atoms with Gasteiger partial charge in [0.2, 0.25) is 21.8 Å². The van der Waals surface area contributed by atoms with Crippen molar-refractivity contribution in [3.05, 3.63) is 99.0 Å². The zero-order valence-electron chi connectivity index (χ0n) is 23.1. The van der Waals surface area contributed by atoms with Gasteiger partial charge in [-0.3, -0.25) is 13.9 Å². The molecule has 2 amide bonds. The minimum Gasteiger partial charge on any atom is -0.352 e. The fraction of sp³-hybridized carbons (Fsp3) is 0.333. The van der Waals surface area contributed by atoms with Crippen molar-refractivity contribution in [3.8, 4) is 0 Å². The van der Waals surface area contributed by atoms with Crippen LogP contribution >= 0.6 is 27.5 Å². The van der Waals surface area contributed by atoms with Gasteiger partial charge in [-0.1, -0.05) is 76.9 Å². The first kappa shape index (κ1) is 31.6. The van der Waals surface area contributed by atoms with E-state index in [4.69, 9.17) is 11.6 Å². The predicted molar refractivity (Wildman–Crippen MR) is 165 cm³/mol. The van der Waals surface area contributed by atoms with Crippen LogP contribution in [-0.2, 0) is 32.6 Å². The second-order valence-corrected chi connectivity index (χ2v) is 13.1. The molecule has 0 saturated carbocycles. The van der Waals surface area contributed by atoms with Gasteiger partial charge >= 0.3 is 0 Å². The first-order chi connectivity index (χ1) is 18.9. The molecule has 3 rings (SSSR count). The van der Waals surface area contributed by atoms with Crippen molar-refractivity contribution in [1.29, 1.82) is 0 Å². The Balaban J connectivity index is 2.08. The van der Waals surface area contributed by atoms with Crippen molar-refractivity contribution >= 4 is 55.1 Å². The third-order valence-corrected chi connectivity index (χ3v) is 8.48. The number of benzene rings is 3. The summed E-state index contributed by atoms with van der Waals surface area (Å²) in [4.78, 5) is 29.3. The average Bonchev–Trinajstić information content (AvgIpc) is 2.89. The number of carbonyl (C=O) groups is 2. The number of anilines is 1. The van der Waals surface area contributed by atoms with Gasteiger partial charge in [0.25, 0.3) is 0 Å². The van der Waals surface area contributed by atoms with Crippen molar-refractivity contribution in [3.63, 3.8) is 0 Å². The molecule has 3 aromatic rings. The molecule has 0 aromatic heterocycles. The smallest absolute Gasteiger partial charge is 0.244 e. The number of nitrogens with one attached hydrogen (secondary N) is 1. The lowest BCUT2D eigenvalue weighted by Crippen LogP contribution is -2.54. The van der Waals surface area contributed by atoms with E-state index < -0.39 is 28.5 Å². The number of hydrogen-bond acceptors (Lipinski definition) is 4. The molecule has 0 aliphatic rings. The van der Waals surface area contributed by atoms with Gasteiger partial charge in [-0.15, -0.1) is 0 Å². The van der Waals surface area contributed by atoms with E-state index in [-0.39, 0.29) is 24.9 Å². The first-order valence-electron chi connectivity index (χ1n) is 13.0. The monoisotopic (exact) mass is 647 g/mol. The van der Waals surface area contributed by atoms with E-state index in [9.17, 15) is 18.0 Å². The van der Waals surface area contributed by atoms with E-state index >= 15 is 0 Å². The Labute approximate surface area is 250 Å². The van der Waals surface area contributed by atoms with Crippen LogP contribution in [0.4, 0.5) is 5.69 Å². The standard InChI is InChI=1S/C30H35BrClN3O4S/c1-5-22(3)33-30(37)28(18-23-10-7-6-8-11-23)34(19-24-12-9-13-25(31)17-24)29(36)20-35(40(4,38)39)27-15-14-26(32)16-21(27)2/h6-17,22,28H,5,18-20H2,1-4H3,(H,33,37)/t22-,28-/m1/s1. The molecule has 10 heteroatoms. The summed E-state index contributed by atoms with van der Waals surface area (Å²) in [6, 6.07) is 20.8. The van der Waals surface area contributed by atoms with Crippen molar-refractivity contribution in [1.82, 2.24) is 10.2 Å². The molecule has 0 saturated heterocycles. The highest BCUT2D eigenvalue weighted by Crippen LogP contribution is 2.26. The molecule has 0 heterocycles. The minimum absolute atomic E-state index is 0.0992. The van der Waals surface area contributed by atoms with Crippen LogP contribution in [0.15, 0.2) is 77.3 Å². The molecule has 0 aliphatic carbocycles. The molecule has 0 aliphatic heterocycles. The van der Waals surface area contributed by atoms with Crippen molar-refractivity contribution in [2.24, 2.45) is 0 Å². The molecule has 214 valence electrons. The molecular formula is C30H35BrClN3O4S. The summed E-state index contributed by atoms with van der Waals surface area (Å²) < 4.78 is 27.8. The number of hydrogen-bond donors (Lipinski definition) is 1. The Morgan fingerprint density at radius 2 is 1.68 bits per heavy atom. The molecule has 0 bridgehead atoms. The highest BCUT2D eigenvalue weighted by molar-refractivity contribution is 9.10. The maximum atomic E-state index is 14.1. The van der Waals surface area contributed by atoms with Crippen LogP contribution in [0.25, 0.3) is 0 Å². The number of halogens is 2. The van der Waals surface area contributed by atoms with E-state index in [1.807, 2.05) is 68.4 Å². The molecule has 1 N–H and O–H groups in total. The number of carbonyl (C=O) groups excluding carboxylic acids is 2. The van der Waals surface area contributed by atoms with Crippen molar-refractivity contribution < 1.29 is 18.0 Å². The zero-order chi connectivity index (χ0) is 29.4. The Hall–Kier alpha value is -2.88. The quantitative estimate of drug-likeness (QED) is 0.272. The molecule has 0 spiro atoms. The number of sulfonamides is 1. The number of rotatable bonds is 12. The van der Waals surface area contributed by atoms with Crippen LogP contribution in [-0.4, -0.2) is 50.0 Å². The molecule has 40 heavy (non-hydrogen) atoms. The maximum Gasteiger partial charge on any atom is 0.244 e. The number of amides is 2. The summed E-state index contributed by atoms with van der Waals surface area (Å²) in [6.07, 6.45) is 2.05. The Morgan fingerprint density at radius 3 is 2.27 bits per heavy atom. The second kappa shape index (κ2) is 14.1. The Kier molecular flexibility index (Phi) is 11.2. The van der Waals surface area contributed by atoms with Gasteiger partial charge < -0.3 is 10.2 Å². The van der Waals surface area contributed by atoms with Crippen LogP contribution in [0.5, 0.6) is 0 Å². The molecule has 0 radical (unpaired) electrons. The summed E-state index contributed by atoms with van der Waals surface area (Å²) in [7, 11) is -3.85. The molecule has 3 aromatic carbocycles. The second-order valence-electron chi connectivity index (χ2n) is 9.88. The number of aryl methyl sites for hydroxylation is 1. The lowest BCUT2D eigenvalue weighted by Gasteiger charge is -2.34. The van der Waals surface area contributed by atoms with E-state index in [1.165, 1.54) is 4.90 Å². The normalized spacial score (nSPS) is 12.8. The predicted octanol–water partition coefficient (Wildman–Crippen LogP) is 5.73. The van der Waals surface area contributed by atoms with Crippen LogP contribution in [0.2, 0.25) is 5.02 Å². The van der Waals surface area contributed by atoms with Gasteiger partial charge in [0.1, 0.15) is 12.6 Å². The highest BCUT2D eigenvalue weighted by atomic mass is 79.9. The van der Waals surface area contributed by atoms with Gasteiger partial charge in [0.05, 0.1) is 11.9 Å².